The summed E-state index contributed by atoms with van der Waals surface area (Å²) in [5.74, 6) is 0. The van der Waals surface area contributed by atoms with Gasteiger partial charge in [0.1, 0.15) is 0 Å². The van der Waals surface area contributed by atoms with E-state index in [0.717, 1.165) is 17.4 Å². The van der Waals surface area contributed by atoms with Crippen molar-refractivity contribution in [3.8, 4) is 0 Å². The van der Waals surface area contributed by atoms with Gasteiger partial charge in [-0.3, -0.25) is 0 Å². The van der Waals surface area contributed by atoms with Crippen molar-refractivity contribution in [2.75, 3.05) is 25.2 Å². The van der Waals surface area contributed by atoms with E-state index in [1.54, 1.807) is 18.4 Å². The van der Waals surface area contributed by atoms with Gasteiger partial charge in [-0.1, -0.05) is 20.8 Å². The zero-order valence-electron chi connectivity index (χ0n) is 13.0. The lowest BCUT2D eigenvalue weighted by molar-refractivity contribution is 0.182. The van der Waals surface area contributed by atoms with Crippen molar-refractivity contribution >= 4 is 16.5 Å². The summed E-state index contributed by atoms with van der Waals surface area (Å²) in [5.41, 5.74) is 7.02. The van der Waals surface area contributed by atoms with Gasteiger partial charge in [0.15, 0.2) is 5.13 Å². The maximum atomic E-state index is 5.86. The van der Waals surface area contributed by atoms with E-state index in [-0.39, 0.29) is 5.41 Å². The summed E-state index contributed by atoms with van der Waals surface area (Å²) in [5, 5.41) is 1.05. The van der Waals surface area contributed by atoms with Gasteiger partial charge in [-0.15, -0.1) is 11.3 Å². The predicted molar refractivity (Wildman–Crippen MR) is 83.1 cm³/mol. The molecule has 0 aliphatic heterocycles. The quantitative estimate of drug-likeness (QED) is 0.873. The van der Waals surface area contributed by atoms with E-state index in [4.69, 9.17) is 15.5 Å². The van der Waals surface area contributed by atoms with Crippen LogP contribution in [-0.4, -0.2) is 31.3 Å². The average molecular weight is 285 g/mol. The highest BCUT2D eigenvalue weighted by molar-refractivity contribution is 7.15. The largest absolute Gasteiger partial charge is 0.383 e. The van der Waals surface area contributed by atoms with Gasteiger partial charge >= 0.3 is 0 Å². The van der Waals surface area contributed by atoms with Gasteiger partial charge in [0, 0.05) is 30.5 Å². The van der Waals surface area contributed by atoms with Crippen molar-refractivity contribution in [2.24, 2.45) is 5.73 Å². The van der Waals surface area contributed by atoms with E-state index in [1.807, 2.05) is 0 Å². The summed E-state index contributed by atoms with van der Waals surface area (Å²) < 4.78 is 5.25. The Morgan fingerprint density at radius 3 is 2.42 bits per heavy atom. The van der Waals surface area contributed by atoms with Gasteiger partial charge < -0.3 is 15.4 Å². The first-order chi connectivity index (χ1) is 8.85. The first kappa shape index (κ1) is 16.4. The second-order valence-corrected chi connectivity index (χ2v) is 6.87. The molecule has 1 aromatic rings. The minimum absolute atomic E-state index is 0.0351. The number of nitrogens with zero attached hydrogens (tertiary/aromatic N) is 2. The fourth-order valence-electron chi connectivity index (χ4n) is 2.15. The normalized spacial score (nSPS) is 13.6. The smallest absolute Gasteiger partial charge is 0.186 e. The summed E-state index contributed by atoms with van der Waals surface area (Å²) in [6, 6.07) is 0.319. The molecule has 0 radical (unpaired) electrons. The third kappa shape index (κ3) is 3.91. The molecule has 2 N–H and O–H groups in total. The van der Waals surface area contributed by atoms with Gasteiger partial charge in [-0.25, -0.2) is 4.98 Å². The number of hydrogen-bond acceptors (Lipinski definition) is 5. The van der Waals surface area contributed by atoms with E-state index < -0.39 is 0 Å². The lowest BCUT2D eigenvalue weighted by Gasteiger charge is -2.27. The Bertz CT molecular complexity index is 398. The lowest BCUT2D eigenvalue weighted by atomic mass is 9.91. The van der Waals surface area contributed by atoms with Crippen LogP contribution in [-0.2, 0) is 16.7 Å². The van der Waals surface area contributed by atoms with Crippen molar-refractivity contribution in [1.29, 1.82) is 0 Å². The Morgan fingerprint density at radius 2 is 2.05 bits per heavy atom. The molecule has 0 aliphatic rings. The van der Waals surface area contributed by atoms with Crippen LogP contribution < -0.4 is 10.6 Å². The number of anilines is 1. The lowest BCUT2D eigenvalue weighted by Crippen LogP contribution is -2.36. The number of nitrogens with two attached hydrogens (primary N) is 1. The van der Waals surface area contributed by atoms with Crippen molar-refractivity contribution < 1.29 is 4.74 Å². The molecule has 0 aliphatic carbocycles. The number of methoxy groups -OCH3 is 1. The zero-order valence-corrected chi connectivity index (χ0v) is 13.8. The maximum Gasteiger partial charge on any atom is 0.186 e. The molecule has 1 aromatic heterocycles. The van der Waals surface area contributed by atoms with E-state index >= 15 is 0 Å². The number of ether oxygens (including phenoxy) is 1. The molecule has 4 nitrogen and oxygen atoms in total. The van der Waals surface area contributed by atoms with Crippen LogP contribution in [0.5, 0.6) is 0 Å². The van der Waals surface area contributed by atoms with E-state index in [2.05, 4.69) is 39.5 Å². The molecule has 0 aromatic carbocycles. The number of likely N-dealkylation sites (N-methyl/N-ethyl adjacent to an activating group) is 1. The summed E-state index contributed by atoms with van der Waals surface area (Å²) in [4.78, 5) is 8.30. The van der Waals surface area contributed by atoms with Crippen molar-refractivity contribution in [2.45, 2.75) is 52.6 Å². The van der Waals surface area contributed by atoms with Crippen LogP contribution in [0.4, 0.5) is 5.13 Å². The fourth-order valence-corrected chi connectivity index (χ4v) is 3.47. The molecule has 5 heteroatoms. The molecule has 110 valence electrons. The topological polar surface area (TPSA) is 51.4 Å². The minimum atomic E-state index is 0.0351. The van der Waals surface area contributed by atoms with Gasteiger partial charge in [0.25, 0.3) is 0 Å². The molecule has 1 atom stereocenters. The first-order valence-corrected chi connectivity index (χ1v) is 7.62. The monoisotopic (exact) mass is 285 g/mol. The highest BCUT2D eigenvalue weighted by atomic mass is 32.1. The van der Waals surface area contributed by atoms with Crippen LogP contribution in [0.15, 0.2) is 0 Å². The molecule has 1 unspecified atom stereocenters. The Morgan fingerprint density at radius 1 is 1.42 bits per heavy atom. The molecular weight excluding hydrogens is 258 g/mol. The van der Waals surface area contributed by atoms with E-state index in [1.165, 1.54) is 4.88 Å². The maximum absolute atomic E-state index is 5.86. The van der Waals surface area contributed by atoms with Crippen LogP contribution in [0.25, 0.3) is 0 Å². The standard InChI is InChI=1S/C14H27N3OS/c1-7-17(10(2)9-18-6)13-16-12(14(3,4)5)11(8-15)19-13/h10H,7-9,15H2,1-6H3. The SMILES string of the molecule is CCN(c1nc(C(C)(C)C)c(CN)s1)C(C)COC. The summed E-state index contributed by atoms with van der Waals surface area (Å²) in [6.45, 7) is 13.0. The predicted octanol–water partition coefficient (Wildman–Crippen LogP) is 2.76. The molecule has 19 heavy (non-hydrogen) atoms. The Balaban J connectivity index is 3.09. The minimum Gasteiger partial charge on any atom is -0.383 e. The summed E-state index contributed by atoms with van der Waals surface area (Å²) in [7, 11) is 1.73. The fraction of sp³-hybridized carbons (Fsp3) is 0.786. The van der Waals surface area contributed by atoms with Gasteiger partial charge in [-0.2, -0.15) is 0 Å². The molecule has 0 fully saturated rings. The Hall–Kier alpha value is -0.650. The highest BCUT2D eigenvalue weighted by Gasteiger charge is 2.25. The third-order valence-electron chi connectivity index (χ3n) is 3.11. The number of rotatable bonds is 6. The number of hydrogen-bond donors (Lipinski definition) is 1. The number of thiazole rings is 1. The molecule has 0 saturated carbocycles. The summed E-state index contributed by atoms with van der Waals surface area (Å²) >= 11 is 1.71. The molecular formula is C14H27N3OS. The van der Waals surface area contributed by atoms with Gasteiger partial charge in [-0.05, 0) is 13.8 Å². The molecule has 1 heterocycles. The molecule has 0 amide bonds. The van der Waals surface area contributed by atoms with Crippen molar-refractivity contribution in [1.82, 2.24) is 4.98 Å². The van der Waals surface area contributed by atoms with Crippen molar-refractivity contribution in [3.63, 3.8) is 0 Å². The van der Waals surface area contributed by atoms with Gasteiger partial charge in [0.05, 0.1) is 18.3 Å². The van der Waals surface area contributed by atoms with Crippen molar-refractivity contribution in [3.05, 3.63) is 10.6 Å². The molecule has 0 bridgehead atoms. The molecule has 0 spiro atoms. The molecule has 0 saturated heterocycles. The third-order valence-corrected chi connectivity index (χ3v) is 4.22. The number of aromatic nitrogens is 1. The molecule has 1 rings (SSSR count). The van der Waals surface area contributed by atoms with Crippen LogP contribution in [0.1, 0.15) is 45.2 Å². The highest BCUT2D eigenvalue weighted by Crippen LogP contribution is 2.34. The van der Waals surface area contributed by atoms with E-state index in [9.17, 15) is 0 Å². The Kier molecular flexibility index (Phi) is 5.77. The van der Waals surface area contributed by atoms with Crippen LogP contribution in [0.2, 0.25) is 0 Å². The first-order valence-electron chi connectivity index (χ1n) is 6.80. The van der Waals surface area contributed by atoms with Gasteiger partial charge in [0.2, 0.25) is 0 Å². The second-order valence-electron chi connectivity index (χ2n) is 5.81. The average Bonchev–Trinajstić information content (AvgIpc) is 2.74. The van der Waals surface area contributed by atoms with Crippen LogP contribution in [0, 0.1) is 0 Å². The Labute approximate surface area is 121 Å². The van der Waals surface area contributed by atoms with Crippen LogP contribution in [0.3, 0.4) is 0 Å². The zero-order chi connectivity index (χ0) is 14.6. The van der Waals surface area contributed by atoms with E-state index in [0.29, 0.717) is 19.2 Å². The van der Waals surface area contributed by atoms with Crippen LogP contribution >= 0.6 is 11.3 Å². The second kappa shape index (κ2) is 6.68. The summed E-state index contributed by atoms with van der Waals surface area (Å²) in [6.07, 6.45) is 0.